The number of amides is 1. The number of carbonyl (C=O) groups excluding carboxylic acids is 2. The predicted molar refractivity (Wildman–Crippen MR) is 245 cm³/mol. The standard InChI is InChI=1S/C51H91NO5/c1-4-7-10-13-16-19-22-24-26-28-30-33-36-39-42-47(57-51(56)44-41-38-35-32-27-21-18-15-12-9-6-3)45-50(55)52-48(46-53)49(54)43-40-37-34-31-29-25-23-20-17-14-11-8-5-2/h7,10,16,19,24,26,30,33,39,42,47-49,53-54H,4-6,8-9,11-15,17-18,20-23,25,27-29,31-32,34-38,40-41,43-46H2,1-3H3,(H,52,55)/b10-7+,19-16+,26-24+,33-30+,42-39+. The molecule has 0 saturated heterocycles. The van der Waals surface area contributed by atoms with Crippen LogP contribution in [0.25, 0.3) is 0 Å². The molecule has 0 aliphatic carbocycles. The van der Waals surface area contributed by atoms with Crippen molar-refractivity contribution in [1.29, 1.82) is 0 Å². The van der Waals surface area contributed by atoms with Crippen LogP contribution in [-0.2, 0) is 14.3 Å². The number of carbonyl (C=O) groups is 2. The van der Waals surface area contributed by atoms with Crippen molar-refractivity contribution in [1.82, 2.24) is 5.32 Å². The highest BCUT2D eigenvalue weighted by Gasteiger charge is 2.23. The summed E-state index contributed by atoms with van der Waals surface area (Å²) in [6, 6.07) is -0.740. The molecule has 0 spiro atoms. The van der Waals surface area contributed by atoms with Crippen LogP contribution in [0.2, 0.25) is 0 Å². The quantitative estimate of drug-likeness (QED) is 0.0325. The number of allylic oxidation sites excluding steroid dienone is 9. The molecule has 0 aromatic rings. The van der Waals surface area contributed by atoms with Crippen LogP contribution in [0.5, 0.6) is 0 Å². The fourth-order valence-electron chi connectivity index (χ4n) is 6.98. The lowest BCUT2D eigenvalue weighted by Crippen LogP contribution is -2.46. The number of aliphatic hydroxyl groups excluding tert-OH is 2. The highest BCUT2D eigenvalue weighted by molar-refractivity contribution is 5.78. The van der Waals surface area contributed by atoms with Gasteiger partial charge in [-0.2, -0.15) is 0 Å². The van der Waals surface area contributed by atoms with E-state index >= 15 is 0 Å². The van der Waals surface area contributed by atoms with Gasteiger partial charge < -0.3 is 20.3 Å². The number of hydrogen-bond donors (Lipinski definition) is 3. The number of esters is 1. The number of unbranched alkanes of at least 4 members (excludes halogenated alkanes) is 22. The SMILES string of the molecule is CC/C=C/C/C=C/C/C=C/C/C=C/C/C=C/C(CC(=O)NC(CO)C(O)CCCCCCCCCCCCCCC)OC(=O)CCCCCCCCCCCCC. The van der Waals surface area contributed by atoms with Gasteiger partial charge in [-0.1, -0.05) is 223 Å². The smallest absolute Gasteiger partial charge is 0.306 e. The van der Waals surface area contributed by atoms with E-state index in [0.29, 0.717) is 19.3 Å². The number of nitrogens with one attached hydrogen (secondary N) is 1. The number of aliphatic hydroxyl groups is 2. The van der Waals surface area contributed by atoms with Crippen molar-refractivity contribution in [3.05, 3.63) is 60.8 Å². The van der Waals surface area contributed by atoms with Crippen LogP contribution in [0.3, 0.4) is 0 Å². The molecule has 57 heavy (non-hydrogen) atoms. The van der Waals surface area contributed by atoms with E-state index in [2.05, 4.69) is 74.7 Å². The molecule has 330 valence electrons. The Morgan fingerprint density at radius 2 is 0.912 bits per heavy atom. The Morgan fingerprint density at radius 3 is 1.33 bits per heavy atom. The lowest BCUT2D eigenvalue weighted by atomic mass is 10.0. The van der Waals surface area contributed by atoms with Gasteiger partial charge in [0.1, 0.15) is 6.10 Å². The zero-order valence-corrected chi connectivity index (χ0v) is 37.5. The minimum Gasteiger partial charge on any atom is -0.458 e. The molecule has 0 bridgehead atoms. The first-order chi connectivity index (χ1) is 28.0. The van der Waals surface area contributed by atoms with Crippen molar-refractivity contribution < 1.29 is 24.5 Å². The highest BCUT2D eigenvalue weighted by Crippen LogP contribution is 2.16. The van der Waals surface area contributed by atoms with E-state index in [1.54, 1.807) is 6.08 Å². The summed E-state index contributed by atoms with van der Waals surface area (Å²) in [6.45, 7) is 6.31. The van der Waals surface area contributed by atoms with Crippen molar-refractivity contribution >= 4 is 11.9 Å². The average molecular weight is 798 g/mol. The van der Waals surface area contributed by atoms with Gasteiger partial charge in [0, 0.05) is 6.42 Å². The average Bonchev–Trinajstić information content (AvgIpc) is 3.20. The van der Waals surface area contributed by atoms with Gasteiger partial charge in [0.15, 0.2) is 0 Å². The third kappa shape index (κ3) is 40.1. The van der Waals surface area contributed by atoms with Crippen molar-refractivity contribution in [3.63, 3.8) is 0 Å². The summed E-state index contributed by atoms with van der Waals surface area (Å²) in [5.41, 5.74) is 0. The van der Waals surface area contributed by atoms with Crippen LogP contribution in [0.15, 0.2) is 60.8 Å². The first kappa shape index (κ1) is 54.6. The van der Waals surface area contributed by atoms with Gasteiger partial charge in [0.05, 0.1) is 25.2 Å². The summed E-state index contributed by atoms with van der Waals surface area (Å²) in [6.07, 6.45) is 54.5. The van der Waals surface area contributed by atoms with E-state index in [1.807, 2.05) is 6.08 Å². The number of hydrogen-bond acceptors (Lipinski definition) is 5. The molecule has 0 aliphatic rings. The molecule has 0 aromatic heterocycles. The fourth-order valence-corrected chi connectivity index (χ4v) is 6.98. The summed E-state index contributed by atoms with van der Waals surface area (Å²) >= 11 is 0. The molecular formula is C51H91NO5. The van der Waals surface area contributed by atoms with E-state index in [9.17, 15) is 19.8 Å². The molecule has 6 heteroatoms. The van der Waals surface area contributed by atoms with E-state index in [-0.39, 0.29) is 24.9 Å². The minimum absolute atomic E-state index is 0.0450. The lowest BCUT2D eigenvalue weighted by Gasteiger charge is -2.23. The molecule has 0 heterocycles. The molecule has 0 radical (unpaired) electrons. The van der Waals surface area contributed by atoms with Gasteiger partial charge >= 0.3 is 5.97 Å². The third-order valence-electron chi connectivity index (χ3n) is 10.6. The van der Waals surface area contributed by atoms with E-state index < -0.39 is 18.2 Å². The Hall–Kier alpha value is -2.44. The molecule has 3 unspecified atom stereocenters. The Labute approximate surface area is 352 Å². The van der Waals surface area contributed by atoms with Crippen molar-refractivity contribution in [2.45, 2.75) is 244 Å². The van der Waals surface area contributed by atoms with E-state index in [0.717, 1.165) is 64.2 Å². The summed E-state index contributed by atoms with van der Waals surface area (Å²) in [7, 11) is 0. The summed E-state index contributed by atoms with van der Waals surface area (Å²) in [4.78, 5) is 26.0. The summed E-state index contributed by atoms with van der Waals surface area (Å²) < 4.78 is 5.80. The molecule has 0 saturated carbocycles. The van der Waals surface area contributed by atoms with Crippen molar-refractivity contribution in [3.8, 4) is 0 Å². The van der Waals surface area contributed by atoms with Crippen LogP contribution < -0.4 is 5.32 Å². The second-order valence-corrected chi connectivity index (χ2v) is 16.1. The molecule has 0 aliphatic heterocycles. The highest BCUT2D eigenvalue weighted by atomic mass is 16.5. The molecule has 0 rings (SSSR count). The van der Waals surface area contributed by atoms with Gasteiger partial charge in [-0.15, -0.1) is 0 Å². The van der Waals surface area contributed by atoms with Crippen LogP contribution in [-0.4, -0.2) is 46.9 Å². The number of rotatable bonds is 42. The van der Waals surface area contributed by atoms with Gasteiger partial charge in [-0.3, -0.25) is 9.59 Å². The fraction of sp³-hybridized carbons (Fsp3) is 0.765. The maximum absolute atomic E-state index is 13.1. The van der Waals surface area contributed by atoms with Crippen molar-refractivity contribution in [2.75, 3.05) is 6.61 Å². The van der Waals surface area contributed by atoms with Gasteiger partial charge in [0.2, 0.25) is 5.91 Å². The maximum atomic E-state index is 13.1. The molecule has 3 atom stereocenters. The summed E-state index contributed by atoms with van der Waals surface area (Å²) in [5.74, 6) is -0.627. The second kappa shape index (κ2) is 44.7. The Bertz CT molecular complexity index is 1030. The van der Waals surface area contributed by atoms with Crippen LogP contribution in [0.1, 0.15) is 226 Å². The maximum Gasteiger partial charge on any atom is 0.306 e. The Balaban J connectivity index is 4.74. The molecule has 0 fully saturated rings. The molecular weight excluding hydrogens is 707 g/mol. The molecule has 1 amide bonds. The normalized spacial score (nSPS) is 13.8. The first-order valence-electron chi connectivity index (χ1n) is 24.0. The second-order valence-electron chi connectivity index (χ2n) is 16.1. The topological polar surface area (TPSA) is 95.9 Å². The molecule has 0 aromatic carbocycles. The third-order valence-corrected chi connectivity index (χ3v) is 10.6. The lowest BCUT2D eigenvalue weighted by molar-refractivity contribution is -0.148. The van der Waals surface area contributed by atoms with Gasteiger partial charge in [-0.05, 0) is 51.0 Å². The van der Waals surface area contributed by atoms with E-state index in [1.165, 1.54) is 116 Å². The van der Waals surface area contributed by atoms with Gasteiger partial charge in [-0.25, -0.2) is 0 Å². The van der Waals surface area contributed by atoms with Crippen LogP contribution >= 0.6 is 0 Å². The van der Waals surface area contributed by atoms with E-state index in [4.69, 9.17) is 4.74 Å². The number of ether oxygens (including phenoxy) is 1. The Morgan fingerprint density at radius 1 is 0.526 bits per heavy atom. The zero-order chi connectivity index (χ0) is 41.7. The summed E-state index contributed by atoms with van der Waals surface area (Å²) in [5, 5.41) is 23.6. The molecule has 3 N–H and O–H groups in total. The monoisotopic (exact) mass is 798 g/mol. The first-order valence-corrected chi connectivity index (χ1v) is 24.0. The van der Waals surface area contributed by atoms with Crippen LogP contribution in [0, 0.1) is 0 Å². The largest absolute Gasteiger partial charge is 0.458 e. The zero-order valence-electron chi connectivity index (χ0n) is 37.5. The van der Waals surface area contributed by atoms with Crippen LogP contribution in [0.4, 0.5) is 0 Å². The Kier molecular flexibility index (Phi) is 42.7. The molecule has 6 nitrogen and oxygen atoms in total. The minimum atomic E-state index is -0.817. The van der Waals surface area contributed by atoms with Gasteiger partial charge in [0.25, 0.3) is 0 Å². The van der Waals surface area contributed by atoms with Crippen molar-refractivity contribution in [2.24, 2.45) is 0 Å². The predicted octanol–water partition coefficient (Wildman–Crippen LogP) is 14.1.